The smallest absolute Gasteiger partial charge is 0.357 e. The predicted octanol–water partition coefficient (Wildman–Crippen LogP) is 1.84. The molecule has 2 aromatic heterocycles. The van der Waals surface area contributed by atoms with Crippen molar-refractivity contribution < 1.29 is 19.1 Å². The molecule has 0 unspecified atom stereocenters. The van der Waals surface area contributed by atoms with Crippen molar-refractivity contribution in [1.82, 2.24) is 20.1 Å². The molecule has 1 fully saturated rings. The zero-order valence-electron chi connectivity index (χ0n) is 15.9. The molecule has 4 rings (SSSR count). The van der Waals surface area contributed by atoms with Gasteiger partial charge >= 0.3 is 5.97 Å². The number of fused-ring (bicyclic) bond motifs is 1. The molecule has 0 bridgehead atoms. The zero-order chi connectivity index (χ0) is 19.6. The van der Waals surface area contributed by atoms with Gasteiger partial charge in [-0.2, -0.15) is 5.10 Å². The van der Waals surface area contributed by atoms with E-state index in [1.807, 2.05) is 11.6 Å². The molecule has 0 atom stereocenters. The highest BCUT2D eigenvalue weighted by molar-refractivity contribution is 7.07. The topological polar surface area (TPSA) is 95.3 Å². The van der Waals surface area contributed by atoms with E-state index in [1.54, 1.807) is 10.9 Å². The third kappa shape index (κ3) is 3.68. The van der Waals surface area contributed by atoms with Crippen LogP contribution in [0.5, 0.6) is 0 Å². The molecule has 1 N–H and O–H groups in total. The van der Waals surface area contributed by atoms with E-state index in [1.165, 1.54) is 11.3 Å². The molecule has 1 amide bonds. The number of esters is 1. The molecule has 0 aromatic carbocycles. The summed E-state index contributed by atoms with van der Waals surface area (Å²) in [6.45, 7) is 4.68. The Morgan fingerprint density at radius 2 is 2.25 bits per heavy atom. The Bertz CT molecular complexity index is 856. The Balaban J connectivity index is 1.55. The molecule has 8 nitrogen and oxygen atoms in total. The average Bonchev–Trinajstić information content (AvgIpc) is 3.33. The first-order valence-electron chi connectivity index (χ1n) is 9.62. The van der Waals surface area contributed by atoms with Crippen molar-refractivity contribution in [2.75, 3.05) is 26.4 Å². The molecular weight excluding hydrogens is 380 g/mol. The predicted molar refractivity (Wildman–Crippen MR) is 103 cm³/mol. The summed E-state index contributed by atoms with van der Waals surface area (Å²) in [4.78, 5) is 28.7. The summed E-state index contributed by atoms with van der Waals surface area (Å²) < 4.78 is 12.7. The van der Waals surface area contributed by atoms with Crippen LogP contribution in [0, 0.1) is 5.41 Å². The van der Waals surface area contributed by atoms with Crippen molar-refractivity contribution in [3.63, 3.8) is 0 Å². The van der Waals surface area contributed by atoms with Crippen LogP contribution in [-0.4, -0.2) is 53.0 Å². The summed E-state index contributed by atoms with van der Waals surface area (Å²) >= 11 is 1.35. The van der Waals surface area contributed by atoms with E-state index in [0.29, 0.717) is 44.0 Å². The molecule has 1 spiro atoms. The molecule has 0 saturated carbocycles. The lowest BCUT2D eigenvalue weighted by Crippen LogP contribution is -2.40. The van der Waals surface area contributed by atoms with Crippen LogP contribution in [0.15, 0.2) is 10.9 Å². The number of rotatable bonds is 5. The molecule has 0 aliphatic carbocycles. The van der Waals surface area contributed by atoms with Gasteiger partial charge in [-0.05, 0) is 31.1 Å². The second-order valence-electron chi connectivity index (χ2n) is 7.33. The summed E-state index contributed by atoms with van der Waals surface area (Å²) in [5.41, 5.74) is 4.35. The maximum absolute atomic E-state index is 12.8. The van der Waals surface area contributed by atoms with Crippen molar-refractivity contribution in [3.05, 3.63) is 33.5 Å². The fourth-order valence-electron chi connectivity index (χ4n) is 3.97. The minimum atomic E-state index is -0.436. The van der Waals surface area contributed by atoms with Gasteiger partial charge in [0, 0.05) is 25.1 Å². The highest BCUT2D eigenvalue weighted by atomic mass is 32.1. The first-order chi connectivity index (χ1) is 13.6. The molecule has 4 heterocycles. The molecule has 28 heavy (non-hydrogen) atoms. The fraction of sp³-hybridized carbons (Fsp3) is 0.579. The number of aromatic nitrogens is 3. The van der Waals surface area contributed by atoms with Crippen LogP contribution in [0.4, 0.5) is 0 Å². The Kier molecular flexibility index (Phi) is 5.45. The normalized spacial score (nSPS) is 18.4. The van der Waals surface area contributed by atoms with Crippen molar-refractivity contribution in [1.29, 1.82) is 0 Å². The van der Waals surface area contributed by atoms with Crippen LogP contribution in [0.25, 0.3) is 0 Å². The van der Waals surface area contributed by atoms with Crippen LogP contribution < -0.4 is 5.32 Å². The van der Waals surface area contributed by atoms with Crippen molar-refractivity contribution in [2.24, 2.45) is 5.41 Å². The van der Waals surface area contributed by atoms with E-state index in [2.05, 4.69) is 15.4 Å². The van der Waals surface area contributed by atoms with E-state index < -0.39 is 5.97 Å². The van der Waals surface area contributed by atoms with Crippen LogP contribution in [0.3, 0.4) is 0 Å². The third-order valence-electron chi connectivity index (χ3n) is 5.59. The van der Waals surface area contributed by atoms with E-state index in [-0.39, 0.29) is 17.9 Å². The summed E-state index contributed by atoms with van der Waals surface area (Å²) in [5.74, 6) is -0.491. The van der Waals surface area contributed by atoms with Gasteiger partial charge in [0.05, 0.1) is 29.0 Å². The summed E-state index contributed by atoms with van der Waals surface area (Å²) in [6.07, 6.45) is 3.28. The Labute approximate surface area is 167 Å². The number of hydrogen-bond donors (Lipinski definition) is 1. The number of carbonyl (C=O) groups excluding carboxylic acids is 2. The molecule has 1 saturated heterocycles. The van der Waals surface area contributed by atoms with Gasteiger partial charge in [-0.1, -0.05) is 6.92 Å². The number of ether oxygens (including phenoxy) is 2. The molecule has 150 valence electrons. The first kappa shape index (κ1) is 19.1. The molecule has 2 aliphatic rings. The van der Waals surface area contributed by atoms with E-state index >= 15 is 0 Å². The number of aryl methyl sites for hydroxylation is 1. The quantitative estimate of drug-likeness (QED) is 0.764. The van der Waals surface area contributed by atoms with Crippen LogP contribution in [-0.2, 0) is 28.9 Å². The van der Waals surface area contributed by atoms with Crippen LogP contribution >= 0.6 is 11.3 Å². The Morgan fingerprint density at radius 3 is 2.96 bits per heavy atom. The lowest BCUT2D eigenvalue weighted by atomic mass is 9.76. The van der Waals surface area contributed by atoms with E-state index in [9.17, 15) is 9.59 Å². The van der Waals surface area contributed by atoms with Crippen molar-refractivity contribution >= 4 is 23.2 Å². The van der Waals surface area contributed by atoms with Crippen LogP contribution in [0.2, 0.25) is 0 Å². The van der Waals surface area contributed by atoms with Crippen molar-refractivity contribution in [3.8, 4) is 0 Å². The SMILES string of the molecule is CCc1nn(CCOC(=O)c2cscn2)c2c1C(=O)NCC1(CCOCC1)C2. The molecule has 0 radical (unpaired) electrons. The van der Waals surface area contributed by atoms with Crippen molar-refractivity contribution in [2.45, 2.75) is 39.2 Å². The standard InChI is InChI=1S/C19H24N4O4S/c1-2-13-16-15(9-19(11-20-17(16)24)3-6-26-7-4-19)23(22-13)5-8-27-18(25)14-10-28-12-21-14/h10,12H,2-9,11H2,1H3,(H,20,24). The average molecular weight is 404 g/mol. The highest BCUT2D eigenvalue weighted by Gasteiger charge is 2.39. The zero-order valence-corrected chi connectivity index (χ0v) is 16.7. The van der Waals surface area contributed by atoms with Gasteiger partial charge in [-0.25, -0.2) is 9.78 Å². The van der Waals surface area contributed by atoms with Gasteiger partial charge in [0.15, 0.2) is 5.69 Å². The number of thiazole rings is 1. The van der Waals surface area contributed by atoms with Gasteiger partial charge in [0.25, 0.3) is 5.91 Å². The largest absolute Gasteiger partial charge is 0.459 e. The number of carbonyl (C=O) groups is 2. The van der Waals surface area contributed by atoms with Gasteiger partial charge in [-0.15, -0.1) is 11.3 Å². The maximum atomic E-state index is 12.8. The minimum absolute atomic E-state index is 0.000766. The summed E-state index contributed by atoms with van der Waals surface area (Å²) in [5, 5.41) is 9.42. The first-order valence-corrected chi connectivity index (χ1v) is 10.6. The lowest BCUT2D eigenvalue weighted by molar-refractivity contribution is 0.0150. The lowest BCUT2D eigenvalue weighted by Gasteiger charge is -2.36. The van der Waals surface area contributed by atoms with Crippen LogP contribution in [0.1, 0.15) is 52.0 Å². The van der Waals surface area contributed by atoms with Gasteiger partial charge in [0.1, 0.15) is 6.61 Å². The summed E-state index contributed by atoms with van der Waals surface area (Å²) in [7, 11) is 0. The third-order valence-corrected chi connectivity index (χ3v) is 6.18. The molecule has 2 aromatic rings. The minimum Gasteiger partial charge on any atom is -0.459 e. The Morgan fingerprint density at radius 1 is 1.43 bits per heavy atom. The van der Waals surface area contributed by atoms with E-state index in [4.69, 9.17) is 9.47 Å². The monoisotopic (exact) mass is 404 g/mol. The molecule has 2 aliphatic heterocycles. The second kappa shape index (κ2) is 8.00. The number of amides is 1. The Hall–Kier alpha value is -2.26. The fourth-order valence-corrected chi connectivity index (χ4v) is 4.49. The number of hydrogen-bond acceptors (Lipinski definition) is 7. The van der Waals surface area contributed by atoms with Gasteiger partial charge in [0.2, 0.25) is 0 Å². The maximum Gasteiger partial charge on any atom is 0.357 e. The number of nitrogens with zero attached hydrogens (tertiary/aromatic N) is 3. The number of nitrogens with one attached hydrogen (secondary N) is 1. The second-order valence-corrected chi connectivity index (χ2v) is 8.05. The summed E-state index contributed by atoms with van der Waals surface area (Å²) in [6, 6.07) is 0. The van der Waals surface area contributed by atoms with E-state index in [0.717, 1.165) is 30.7 Å². The highest BCUT2D eigenvalue weighted by Crippen LogP contribution is 2.37. The molecule has 9 heteroatoms. The van der Waals surface area contributed by atoms with Gasteiger partial charge < -0.3 is 14.8 Å². The van der Waals surface area contributed by atoms with Gasteiger partial charge in [-0.3, -0.25) is 9.48 Å². The molecular formula is C19H24N4O4S.